The molecule has 1 aromatic heterocycles. The maximum absolute atomic E-state index is 12.4. The molecule has 138 valence electrons. The van der Waals surface area contributed by atoms with E-state index in [0.717, 1.165) is 5.76 Å². The smallest absolute Gasteiger partial charge is 0.325 e. The van der Waals surface area contributed by atoms with E-state index >= 15 is 0 Å². The van der Waals surface area contributed by atoms with Crippen molar-refractivity contribution in [3.63, 3.8) is 0 Å². The van der Waals surface area contributed by atoms with Gasteiger partial charge in [-0.3, -0.25) is 14.4 Å². The van der Waals surface area contributed by atoms with Crippen LogP contribution >= 0.6 is 0 Å². The molecular formula is C19H22N2O5. The van der Waals surface area contributed by atoms with Crippen LogP contribution in [0.15, 0.2) is 34.7 Å². The number of aryl methyl sites for hydroxylation is 1. The van der Waals surface area contributed by atoms with Crippen LogP contribution in [-0.2, 0) is 4.79 Å². The summed E-state index contributed by atoms with van der Waals surface area (Å²) in [7, 11) is 0. The number of nitrogens with one attached hydrogen (secondary N) is 2. The third-order valence-corrected chi connectivity index (χ3v) is 3.87. The molecule has 2 aromatic rings. The fraction of sp³-hybridized carbons (Fsp3) is 0.316. The Morgan fingerprint density at radius 3 is 2.15 bits per heavy atom. The molecule has 0 saturated carbocycles. The molecule has 0 radical (unpaired) electrons. The molecule has 0 spiro atoms. The maximum Gasteiger partial charge on any atom is 0.325 e. The van der Waals surface area contributed by atoms with Crippen LogP contribution < -0.4 is 10.6 Å². The molecule has 7 heteroatoms. The van der Waals surface area contributed by atoms with E-state index in [1.165, 1.54) is 19.1 Å². The average molecular weight is 358 g/mol. The van der Waals surface area contributed by atoms with E-state index < -0.39 is 17.9 Å². The van der Waals surface area contributed by atoms with Gasteiger partial charge < -0.3 is 20.2 Å². The second-order valence-electron chi connectivity index (χ2n) is 6.34. The number of anilines is 1. The predicted molar refractivity (Wildman–Crippen MR) is 96.5 cm³/mol. The Morgan fingerprint density at radius 1 is 1.04 bits per heavy atom. The van der Waals surface area contributed by atoms with E-state index in [1.54, 1.807) is 25.1 Å². The van der Waals surface area contributed by atoms with E-state index in [4.69, 9.17) is 9.52 Å². The normalized spacial score (nSPS) is 11.9. The predicted octanol–water partition coefficient (Wildman–Crippen LogP) is 3.17. The lowest BCUT2D eigenvalue weighted by Gasteiger charge is -2.10. The van der Waals surface area contributed by atoms with Crippen molar-refractivity contribution in [2.45, 2.75) is 39.7 Å². The summed E-state index contributed by atoms with van der Waals surface area (Å²) in [4.78, 5) is 35.1. The van der Waals surface area contributed by atoms with Gasteiger partial charge >= 0.3 is 5.97 Å². The lowest BCUT2D eigenvalue weighted by molar-refractivity contribution is -0.138. The van der Waals surface area contributed by atoms with Crippen LogP contribution in [0.25, 0.3) is 0 Å². The number of carbonyl (C=O) groups is 3. The first-order valence-corrected chi connectivity index (χ1v) is 8.24. The molecule has 0 saturated heterocycles. The number of carboxylic acids is 1. The van der Waals surface area contributed by atoms with Gasteiger partial charge in [-0.2, -0.15) is 0 Å². The maximum atomic E-state index is 12.4. The summed E-state index contributed by atoms with van der Waals surface area (Å²) in [6.07, 6.45) is 0. The second-order valence-corrected chi connectivity index (χ2v) is 6.34. The molecule has 1 aromatic carbocycles. The Bertz CT molecular complexity index is 821. The average Bonchev–Trinajstić information content (AvgIpc) is 2.97. The number of furan rings is 1. The van der Waals surface area contributed by atoms with Crippen molar-refractivity contribution in [2.24, 2.45) is 0 Å². The summed E-state index contributed by atoms with van der Waals surface area (Å²) < 4.78 is 5.58. The number of carboxylic acid groups (broad SMARTS) is 1. The van der Waals surface area contributed by atoms with Gasteiger partial charge in [-0.1, -0.05) is 13.8 Å². The standard InChI is InChI=1S/C19H22N2O5/c1-10(2)16-9-15(12(4)26-16)18(23)21-14-7-5-13(6-8-14)17(22)20-11(3)19(24)25/h5-11H,1-4H3,(H,20,22)(H,21,23)(H,24,25). The Labute approximate surface area is 151 Å². The van der Waals surface area contributed by atoms with E-state index in [0.29, 0.717) is 22.6 Å². The fourth-order valence-electron chi connectivity index (χ4n) is 2.26. The lowest BCUT2D eigenvalue weighted by Crippen LogP contribution is -2.38. The monoisotopic (exact) mass is 358 g/mol. The van der Waals surface area contributed by atoms with Gasteiger partial charge in [0.1, 0.15) is 17.6 Å². The Hall–Kier alpha value is -3.09. The van der Waals surface area contributed by atoms with Gasteiger partial charge in [-0.25, -0.2) is 0 Å². The molecule has 1 unspecified atom stereocenters. The van der Waals surface area contributed by atoms with Crippen molar-refractivity contribution in [3.05, 3.63) is 53.0 Å². The summed E-state index contributed by atoms with van der Waals surface area (Å²) in [5.41, 5.74) is 1.29. The van der Waals surface area contributed by atoms with Gasteiger partial charge in [0.05, 0.1) is 5.56 Å². The molecule has 2 amide bonds. The molecule has 0 aliphatic rings. The van der Waals surface area contributed by atoms with Crippen molar-refractivity contribution in [2.75, 3.05) is 5.32 Å². The lowest BCUT2D eigenvalue weighted by atomic mass is 10.1. The Morgan fingerprint density at radius 2 is 1.65 bits per heavy atom. The number of carbonyl (C=O) groups excluding carboxylic acids is 2. The quantitative estimate of drug-likeness (QED) is 0.735. The van der Waals surface area contributed by atoms with Crippen LogP contribution in [0, 0.1) is 6.92 Å². The third-order valence-electron chi connectivity index (χ3n) is 3.87. The third kappa shape index (κ3) is 4.50. The second kappa shape index (κ2) is 7.86. The highest BCUT2D eigenvalue weighted by atomic mass is 16.4. The fourth-order valence-corrected chi connectivity index (χ4v) is 2.26. The van der Waals surface area contributed by atoms with Crippen molar-refractivity contribution < 1.29 is 23.9 Å². The molecule has 0 bridgehead atoms. The number of hydrogen-bond donors (Lipinski definition) is 3. The number of hydrogen-bond acceptors (Lipinski definition) is 4. The van der Waals surface area contributed by atoms with Gasteiger partial charge in [0.2, 0.25) is 0 Å². The first-order valence-electron chi connectivity index (χ1n) is 8.24. The summed E-state index contributed by atoms with van der Waals surface area (Å²) >= 11 is 0. The van der Waals surface area contributed by atoms with Gasteiger partial charge in [-0.05, 0) is 44.2 Å². The van der Waals surface area contributed by atoms with Crippen LogP contribution in [0.3, 0.4) is 0 Å². The van der Waals surface area contributed by atoms with Gasteiger partial charge in [0.15, 0.2) is 0 Å². The van der Waals surface area contributed by atoms with E-state index in [-0.39, 0.29) is 11.8 Å². The van der Waals surface area contributed by atoms with E-state index in [9.17, 15) is 14.4 Å². The first kappa shape index (κ1) is 19.2. The van der Waals surface area contributed by atoms with Crippen molar-refractivity contribution >= 4 is 23.5 Å². The zero-order valence-corrected chi connectivity index (χ0v) is 15.1. The van der Waals surface area contributed by atoms with Crippen molar-refractivity contribution in [1.82, 2.24) is 5.32 Å². The van der Waals surface area contributed by atoms with Gasteiger partial charge in [0, 0.05) is 17.2 Å². The van der Waals surface area contributed by atoms with E-state index in [1.807, 2.05) is 13.8 Å². The minimum atomic E-state index is -1.11. The summed E-state index contributed by atoms with van der Waals surface area (Å²) in [6, 6.07) is 6.93. The van der Waals surface area contributed by atoms with E-state index in [2.05, 4.69) is 10.6 Å². The Kier molecular flexibility index (Phi) is 5.82. The molecule has 0 aliphatic heterocycles. The summed E-state index contributed by atoms with van der Waals surface area (Å²) in [5.74, 6) is -0.434. The van der Waals surface area contributed by atoms with Crippen LogP contribution in [0.2, 0.25) is 0 Å². The van der Waals surface area contributed by atoms with Crippen LogP contribution in [-0.4, -0.2) is 28.9 Å². The molecule has 0 aliphatic carbocycles. The zero-order chi connectivity index (χ0) is 19.4. The van der Waals surface area contributed by atoms with Crippen molar-refractivity contribution in [3.8, 4) is 0 Å². The SMILES string of the molecule is Cc1oc(C(C)C)cc1C(=O)Nc1ccc(C(=O)NC(C)C(=O)O)cc1. The molecule has 26 heavy (non-hydrogen) atoms. The number of amides is 2. The van der Waals surface area contributed by atoms with Crippen molar-refractivity contribution in [1.29, 1.82) is 0 Å². The van der Waals surface area contributed by atoms with Gasteiger partial charge in [0.25, 0.3) is 11.8 Å². The minimum absolute atomic E-state index is 0.182. The largest absolute Gasteiger partial charge is 0.480 e. The number of benzene rings is 1. The number of aliphatic carboxylic acids is 1. The molecule has 7 nitrogen and oxygen atoms in total. The first-order chi connectivity index (χ1) is 12.2. The topological polar surface area (TPSA) is 109 Å². The highest BCUT2D eigenvalue weighted by Crippen LogP contribution is 2.22. The van der Waals surface area contributed by atoms with Crippen LogP contribution in [0.5, 0.6) is 0 Å². The molecule has 3 N–H and O–H groups in total. The summed E-state index contributed by atoms with van der Waals surface area (Å²) in [6.45, 7) is 7.08. The van der Waals surface area contributed by atoms with Gasteiger partial charge in [-0.15, -0.1) is 0 Å². The zero-order valence-electron chi connectivity index (χ0n) is 15.1. The molecular weight excluding hydrogens is 336 g/mol. The van der Waals surface area contributed by atoms with Crippen LogP contribution in [0.4, 0.5) is 5.69 Å². The van der Waals surface area contributed by atoms with Crippen LogP contribution in [0.1, 0.15) is 58.9 Å². The molecule has 2 rings (SSSR count). The minimum Gasteiger partial charge on any atom is -0.480 e. The molecule has 1 atom stereocenters. The highest BCUT2D eigenvalue weighted by Gasteiger charge is 2.18. The summed E-state index contributed by atoms with van der Waals surface area (Å²) in [5, 5.41) is 13.9. The molecule has 1 heterocycles. The highest BCUT2D eigenvalue weighted by molar-refractivity contribution is 6.05. The number of rotatable bonds is 6. The molecule has 0 fully saturated rings. The Balaban J connectivity index is 2.06.